The second-order valence-corrected chi connectivity index (χ2v) is 9.79. The minimum atomic E-state index is -4.91. The summed E-state index contributed by atoms with van der Waals surface area (Å²) in [5.41, 5.74) is 0.442. The zero-order chi connectivity index (χ0) is 29.7. The maximum atomic E-state index is 13.6. The van der Waals surface area contributed by atoms with Crippen molar-refractivity contribution in [2.24, 2.45) is 11.8 Å². The lowest BCUT2D eigenvalue weighted by molar-refractivity contribution is -0.153. The minimum Gasteiger partial charge on any atom is -0.469 e. The highest BCUT2D eigenvalue weighted by atomic mass is 19.4. The zero-order valence-electron chi connectivity index (χ0n) is 22.5. The Labute approximate surface area is 234 Å². The van der Waals surface area contributed by atoms with E-state index in [1.54, 1.807) is 49.4 Å². The molecular weight excluding hydrogens is 541 g/mol. The van der Waals surface area contributed by atoms with E-state index in [2.05, 4.69) is 15.0 Å². The van der Waals surface area contributed by atoms with Gasteiger partial charge in [-0.1, -0.05) is 25.1 Å². The topological polar surface area (TPSA) is 126 Å². The lowest BCUT2D eigenvalue weighted by Crippen LogP contribution is -2.38. The number of aromatic nitrogens is 1. The number of alkyl halides is 3. The number of benzene rings is 2. The molecule has 216 valence electrons. The third kappa shape index (κ3) is 7.00. The molecule has 1 aliphatic rings. The Morgan fingerprint density at radius 1 is 1.10 bits per heavy atom. The van der Waals surface area contributed by atoms with Gasteiger partial charge in [-0.15, -0.1) is 0 Å². The number of anilines is 2. The van der Waals surface area contributed by atoms with Crippen LogP contribution < -0.4 is 10.2 Å². The number of carbonyl (C=O) groups excluding carboxylic acids is 3. The molecule has 0 radical (unpaired) electrons. The number of amides is 1. The van der Waals surface area contributed by atoms with E-state index in [0.29, 0.717) is 31.5 Å². The van der Waals surface area contributed by atoms with E-state index in [9.17, 15) is 27.6 Å². The SMILES string of the molecule is COC(=O)C(C)CC(=N)C(=O)C1CCN(c2ccc(NC(=O)c3nc(-c4ccccc4)oc3C(F)(F)F)cc2)CC1. The standard InChI is InChI=1S/C29H29F3N4O5/c1-17(28(39)40-2)16-22(33)24(37)18-12-14-36(15-13-18)21-10-8-20(9-11-21)34-26(38)23-25(29(30,31)32)41-27(35-23)19-6-4-3-5-7-19/h3-11,17-18,33H,12-16H2,1-2H3,(H,34,38). The summed E-state index contributed by atoms with van der Waals surface area (Å²) in [6, 6.07) is 14.6. The Morgan fingerprint density at radius 3 is 2.32 bits per heavy atom. The van der Waals surface area contributed by atoms with Gasteiger partial charge in [0.2, 0.25) is 11.7 Å². The number of ether oxygens (including phenoxy) is 1. The first-order valence-electron chi connectivity index (χ1n) is 13.0. The second-order valence-electron chi connectivity index (χ2n) is 9.79. The number of ketones is 1. The van der Waals surface area contributed by atoms with Crippen LogP contribution in [-0.4, -0.2) is 48.6 Å². The van der Waals surface area contributed by atoms with Gasteiger partial charge in [0.05, 0.1) is 18.7 Å². The summed E-state index contributed by atoms with van der Waals surface area (Å²) in [4.78, 5) is 42.9. The monoisotopic (exact) mass is 570 g/mol. The molecule has 0 aliphatic carbocycles. The summed E-state index contributed by atoms with van der Waals surface area (Å²) >= 11 is 0. The molecular formula is C29H29F3N4O5. The molecule has 2 heterocycles. The normalized spacial score (nSPS) is 14.8. The highest BCUT2D eigenvalue weighted by Gasteiger charge is 2.42. The van der Waals surface area contributed by atoms with Crippen LogP contribution in [0.5, 0.6) is 0 Å². The average Bonchev–Trinajstić information content (AvgIpc) is 3.44. The van der Waals surface area contributed by atoms with Crippen LogP contribution in [0.1, 0.15) is 42.4 Å². The Kier molecular flexibility index (Phi) is 8.89. The maximum absolute atomic E-state index is 13.6. The fraction of sp³-hybridized carbons (Fsp3) is 0.345. The lowest BCUT2D eigenvalue weighted by atomic mass is 9.87. The number of hydrogen-bond donors (Lipinski definition) is 2. The third-order valence-corrected chi connectivity index (χ3v) is 6.89. The molecule has 0 bridgehead atoms. The van der Waals surface area contributed by atoms with Crippen LogP contribution in [-0.2, 0) is 20.5 Å². The molecule has 1 amide bonds. The molecule has 4 rings (SSSR count). The predicted molar refractivity (Wildman–Crippen MR) is 145 cm³/mol. The van der Waals surface area contributed by atoms with Crippen molar-refractivity contribution in [3.63, 3.8) is 0 Å². The van der Waals surface area contributed by atoms with Crippen molar-refractivity contribution in [1.29, 1.82) is 5.41 Å². The largest absolute Gasteiger partial charge is 0.469 e. The summed E-state index contributed by atoms with van der Waals surface area (Å²) in [5, 5.41) is 10.5. The summed E-state index contributed by atoms with van der Waals surface area (Å²) in [6.45, 7) is 2.72. The number of oxazole rings is 1. The van der Waals surface area contributed by atoms with Gasteiger partial charge >= 0.3 is 12.1 Å². The van der Waals surface area contributed by atoms with Gasteiger partial charge in [-0.3, -0.25) is 14.4 Å². The summed E-state index contributed by atoms with van der Waals surface area (Å²) in [6.07, 6.45) is -3.82. The quantitative estimate of drug-likeness (QED) is 0.253. The molecule has 1 unspecified atom stereocenters. The van der Waals surface area contributed by atoms with Gasteiger partial charge in [-0.25, -0.2) is 4.98 Å². The molecule has 0 spiro atoms. The fourth-order valence-electron chi connectivity index (χ4n) is 4.65. The Balaban J connectivity index is 1.37. The van der Waals surface area contributed by atoms with E-state index < -0.39 is 35.4 Å². The fourth-order valence-corrected chi connectivity index (χ4v) is 4.65. The van der Waals surface area contributed by atoms with Crippen LogP contribution in [0, 0.1) is 17.2 Å². The van der Waals surface area contributed by atoms with Crippen LogP contribution in [0.2, 0.25) is 0 Å². The molecule has 3 aromatic rings. The molecule has 1 aromatic heterocycles. The molecule has 2 N–H and O–H groups in total. The van der Waals surface area contributed by atoms with Gasteiger partial charge in [0.15, 0.2) is 11.5 Å². The average molecular weight is 571 g/mol. The van der Waals surface area contributed by atoms with Crippen molar-refractivity contribution in [2.45, 2.75) is 32.4 Å². The molecule has 2 aromatic carbocycles. The van der Waals surface area contributed by atoms with Crippen molar-refractivity contribution >= 4 is 34.7 Å². The molecule has 1 aliphatic heterocycles. The highest BCUT2D eigenvalue weighted by molar-refractivity contribution is 6.39. The molecule has 1 fully saturated rings. The van der Waals surface area contributed by atoms with E-state index in [1.165, 1.54) is 19.2 Å². The third-order valence-electron chi connectivity index (χ3n) is 6.89. The predicted octanol–water partition coefficient (Wildman–Crippen LogP) is 5.62. The van der Waals surface area contributed by atoms with Gasteiger partial charge in [0.1, 0.15) is 0 Å². The molecule has 12 heteroatoms. The van der Waals surface area contributed by atoms with E-state index in [0.717, 1.165) is 5.69 Å². The van der Waals surface area contributed by atoms with Gasteiger partial charge < -0.3 is 24.8 Å². The van der Waals surface area contributed by atoms with Gasteiger partial charge in [-0.05, 0) is 49.2 Å². The van der Waals surface area contributed by atoms with Crippen LogP contribution >= 0.6 is 0 Å². The smallest absolute Gasteiger partial charge is 0.452 e. The summed E-state index contributed by atoms with van der Waals surface area (Å²) in [7, 11) is 1.27. The van der Waals surface area contributed by atoms with Crippen molar-refractivity contribution in [2.75, 3.05) is 30.4 Å². The molecule has 1 atom stereocenters. The number of halogens is 3. The van der Waals surface area contributed by atoms with Gasteiger partial charge in [-0.2, -0.15) is 13.2 Å². The number of methoxy groups -OCH3 is 1. The summed E-state index contributed by atoms with van der Waals surface area (Å²) < 4.78 is 50.4. The number of esters is 1. The zero-order valence-corrected chi connectivity index (χ0v) is 22.5. The van der Waals surface area contributed by atoms with Crippen LogP contribution in [0.15, 0.2) is 59.0 Å². The van der Waals surface area contributed by atoms with E-state index in [4.69, 9.17) is 9.83 Å². The number of piperidine rings is 1. The highest BCUT2D eigenvalue weighted by Crippen LogP contribution is 2.35. The van der Waals surface area contributed by atoms with Gasteiger partial charge in [0.25, 0.3) is 5.91 Å². The molecule has 41 heavy (non-hydrogen) atoms. The number of nitrogens with one attached hydrogen (secondary N) is 2. The van der Waals surface area contributed by atoms with Crippen molar-refractivity contribution in [3.05, 3.63) is 66.1 Å². The lowest BCUT2D eigenvalue weighted by Gasteiger charge is -2.33. The van der Waals surface area contributed by atoms with Gasteiger partial charge in [0, 0.05) is 42.4 Å². The number of nitrogens with zero attached hydrogens (tertiary/aromatic N) is 2. The minimum absolute atomic E-state index is 0.0330. The van der Waals surface area contributed by atoms with E-state index in [1.807, 2.05) is 4.90 Å². The first kappa shape index (κ1) is 29.5. The van der Waals surface area contributed by atoms with Crippen LogP contribution in [0.4, 0.5) is 24.5 Å². The number of Topliss-reactive ketones (excluding diaryl/α,β-unsaturated/α-hetero) is 1. The number of rotatable bonds is 9. The van der Waals surface area contributed by atoms with E-state index >= 15 is 0 Å². The Morgan fingerprint density at radius 2 is 1.73 bits per heavy atom. The molecule has 1 saturated heterocycles. The molecule has 0 saturated carbocycles. The first-order chi connectivity index (χ1) is 19.5. The van der Waals surface area contributed by atoms with Crippen molar-refractivity contribution in [1.82, 2.24) is 4.98 Å². The first-order valence-corrected chi connectivity index (χ1v) is 13.0. The number of hydrogen-bond acceptors (Lipinski definition) is 8. The Hall–Kier alpha value is -4.48. The van der Waals surface area contributed by atoms with Crippen molar-refractivity contribution in [3.8, 4) is 11.5 Å². The summed E-state index contributed by atoms with van der Waals surface area (Å²) in [5.74, 6) is -4.45. The second kappa shape index (κ2) is 12.4. The number of carbonyl (C=O) groups is 3. The van der Waals surface area contributed by atoms with Crippen LogP contribution in [0.25, 0.3) is 11.5 Å². The Bertz CT molecular complexity index is 1410. The van der Waals surface area contributed by atoms with Crippen molar-refractivity contribution < 1.29 is 36.7 Å². The molecule has 9 nitrogen and oxygen atoms in total. The van der Waals surface area contributed by atoms with E-state index in [-0.39, 0.29) is 35.4 Å². The maximum Gasteiger partial charge on any atom is 0.452 e. The van der Waals surface area contributed by atoms with Crippen LogP contribution in [0.3, 0.4) is 0 Å².